The third-order valence-corrected chi connectivity index (χ3v) is 2.98. The third-order valence-electron chi connectivity index (χ3n) is 2.98. The lowest BCUT2D eigenvalue weighted by Gasteiger charge is -2.11. The molecule has 1 amide bonds. The van der Waals surface area contributed by atoms with E-state index in [4.69, 9.17) is 11.5 Å². The number of nitrogen functional groups attached to an aromatic ring is 1. The molecule has 0 heterocycles. The minimum atomic E-state index is -0.517. The number of rotatable bonds is 4. The molecule has 2 rings (SSSR count). The summed E-state index contributed by atoms with van der Waals surface area (Å²) in [6.45, 7) is 2.69. The molecule has 4 nitrogen and oxygen atoms in total. The summed E-state index contributed by atoms with van der Waals surface area (Å²) in [6, 6.07) is 13.4. The molecule has 4 heteroatoms. The molecule has 0 saturated carbocycles. The summed E-state index contributed by atoms with van der Waals surface area (Å²) in [7, 11) is 0. The van der Waals surface area contributed by atoms with E-state index in [2.05, 4.69) is 29.6 Å². The average Bonchev–Trinajstić information content (AvgIpc) is 2.39. The molecule has 0 saturated heterocycles. The number of para-hydroxylation sites is 1. The van der Waals surface area contributed by atoms with E-state index in [9.17, 15) is 4.79 Å². The first-order valence-corrected chi connectivity index (χ1v) is 6.05. The molecule has 0 aromatic heterocycles. The van der Waals surface area contributed by atoms with Crippen LogP contribution < -0.4 is 16.8 Å². The first kappa shape index (κ1) is 13.0. The Kier molecular flexibility index (Phi) is 3.71. The molecule has 0 radical (unpaired) electrons. The predicted octanol–water partition coefficient (Wildman–Crippen LogP) is 2.29. The summed E-state index contributed by atoms with van der Waals surface area (Å²) in [4.78, 5) is 11.2. The number of primary amides is 1. The molecule has 2 aromatic carbocycles. The van der Waals surface area contributed by atoms with E-state index in [1.807, 2.05) is 13.0 Å². The number of anilines is 2. The van der Waals surface area contributed by atoms with Crippen molar-refractivity contribution in [2.45, 2.75) is 13.5 Å². The van der Waals surface area contributed by atoms with Crippen molar-refractivity contribution < 1.29 is 4.79 Å². The van der Waals surface area contributed by atoms with Gasteiger partial charge in [0.25, 0.3) is 5.91 Å². The molecule has 0 bridgehead atoms. The van der Waals surface area contributed by atoms with Crippen molar-refractivity contribution in [1.29, 1.82) is 0 Å². The number of nitrogens with one attached hydrogen (secondary N) is 1. The first-order chi connectivity index (χ1) is 9.08. The Bertz CT molecular complexity index is 591. The zero-order valence-electron chi connectivity index (χ0n) is 10.8. The van der Waals surface area contributed by atoms with Crippen molar-refractivity contribution in [3.63, 3.8) is 0 Å². The van der Waals surface area contributed by atoms with E-state index in [1.54, 1.807) is 12.1 Å². The van der Waals surface area contributed by atoms with Gasteiger partial charge in [-0.2, -0.15) is 0 Å². The number of aryl methyl sites for hydroxylation is 1. The largest absolute Gasteiger partial charge is 0.396 e. The summed E-state index contributed by atoms with van der Waals surface area (Å²) < 4.78 is 0. The molecular formula is C15H17N3O. The van der Waals surface area contributed by atoms with Crippen LogP contribution >= 0.6 is 0 Å². The number of amides is 1. The SMILES string of the molecule is Cc1ccc(CNc2cccc(C(N)=O)c2N)cc1. The molecule has 19 heavy (non-hydrogen) atoms. The van der Waals surface area contributed by atoms with Crippen LogP contribution in [0.25, 0.3) is 0 Å². The second-order valence-corrected chi connectivity index (χ2v) is 4.47. The van der Waals surface area contributed by atoms with Crippen molar-refractivity contribution in [3.05, 3.63) is 59.2 Å². The number of carbonyl (C=O) groups excluding carboxylic acids is 1. The smallest absolute Gasteiger partial charge is 0.250 e. The van der Waals surface area contributed by atoms with Gasteiger partial charge in [0.05, 0.1) is 16.9 Å². The highest BCUT2D eigenvalue weighted by Crippen LogP contribution is 2.23. The van der Waals surface area contributed by atoms with Gasteiger partial charge in [-0.3, -0.25) is 4.79 Å². The maximum atomic E-state index is 11.2. The average molecular weight is 255 g/mol. The van der Waals surface area contributed by atoms with Crippen LogP contribution in [0.2, 0.25) is 0 Å². The molecule has 0 aliphatic rings. The summed E-state index contributed by atoms with van der Waals surface area (Å²) in [6.07, 6.45) is 0. The topological polar surface area (TPSA) is 81.1 Å². The van der Waals surface area contributed by atoms with Gasteiger partial charge in [0.15, 0.2) is 0 Å². The van der Waals surface area contributed by atoms with Crippen LogP contribution in [-0.4, -0.2) is 5.91 Å². The Hall–Kier alpha value is -2.49. The molecule has 98 valence electrons. The van der Waals surface area contributed by atoms with Crippen molar-refractivity contribution >= 4 is 17.3 Å². The van der Waals surface area contributed by atoms with Crippen LogP contribution in [0.15, 0.2) is 42.5 Å². The lowest BCUT2D eigenvalue weighted by atomic mass is 10.1. The number of hydrogen-bond acceptors (Lipinski definition) is 3. The fourth-order valence-corrected chi connectivity index (χ4v) is 1.84. The summed E-state index contributed by atoms with van der Waals surface area (Å²) >= 11 is 0. The monoisotopic (exact) mass is 255 g/mol. The lowest BCUT2D eigenvalue weighted by molar-refractivity contribution is 0.100. The van der Waals surface area contributed by atoms with E-state index < -0.39 is 5.91 Å². The molecule has 2 aromatic rings. The number of nitrogens with two attached hydrogens (primary N) is 2. The summed E-state index contributed by atoms with van der Waals surface area (Å²) in [5.74, 6) is -0.517. The zero-order chi connectivity index (χ0) is 13.8. The minimum absolute atomic E-state index is 0.342. The predicted molar refractivity (Wildman–Crippen MR) is 77.9 cm³/mol. The molecular weight excluding hydrogens is 238 g/mol. The van der Waals surface area contributed by atoms with E-state index in [0.29, 0.717) is 17.8 Å². The number of benzene rings is 2. The summed E-state index contributed by atoms with van der Waals surface area (Å²) in [5, 5.41) is 3.21. The van der Waals surface area contributed by atoms with Crippen LogP contribution in [0.4, 0.5) is 11.4 Å². The van der Waals surface area contributed by atoms with E-state index in [1.165, 1.54) is 5.56 Å². The highest BCUT2D eigenvalue weighted by molar-refractivity contribution is 6.00. The Morgan fingerprint density at radius 3 is 2.47 bits per heavy atom. The van der Waals surface area contributed by atoms with Gasteiger partial charge in [-0.1, -0.05) is 35.9 Å². The van der Waals surface area contributed by atoms with Gasteiger partial charge in [0, 0.05) is 6.54 Å². The second-order valence-electron chi connectivity index (χ2n) is 4.47. The van der Waals surface area contributed by atoms with Crippen molar-refractivity contribution in [1.82, 2.24) is 0 Å². The van der Waals surface area contributed by atoms with Gasteiger partial charge in [0.2, 0.25) is 0 Å². The maximum absolute atomic E-state index is 11.2. The van der Waals surface area contributed by atoms with E-state index in [0.717, 1.165) is 11.3 Å². The minimum Gasteiger partial charge on any atom is -0.396 e. The van der Waals surface area contributed by atoms with Gasteiger partial charge in [0.1, 0.15) is 0 Å². The third kappa shape index (κ3) is 3.04. The van der Waals surface area contributed by atoms with Crippen molar-refractivity contribution in [2.75, 3.05) is 11.1 Å². The highest BCUT2D eigenvalue weighted by atomic mass is 16.1. The number of hydrogen-bond donors (Lipinski definition) is 3. The van der Waals surface area contributed by atoms with E-state index in [-0.39, 0.29) is 0 Å². The number of carbonyl (C=O) groups is 1. The standard InChI is InChI=1S/C15H17N3O/c1-10-5-7-11(8-6-10)9-18-13-4-2-3-12(14(13)16)15(17)19/h2-8,18H,9,16H2,1H3,(H2,17,19). The van der Waals surface area contributed by atoms with Crippen LogP contribution in [0.1, 0.15) is 21.5 Å². The summed E-state index contributed by atoms with van der Waals surface area (Å²) in [5.41, 5.74) is 15.0. The molecule has 0 aliphatic carbocycles. The van der Waals surface area contributed by atoms with Crippen molar-refractivity contribution in [2.24, 2.45) is 5.73 Å². The van der Waals surface area contributed by atoms with Gasteiger partial charge >= 0.3 is 0 Å². The van der Waals surface area contributed by atoms with Gasteiger partial charge in [-0.05, 0) is 24.6 Å². The molecule has 0 aliphatic heterocycles. The fraction of sp³-hybridized carbons (Fsp3) is 0.133. The van der Waals surface area contributed by atoms with Crippen molar-refractivity contribution in [3.8, 4) is 0 Å². The van der Waals surface area contributed by atoms with Crippen LogP contribution in [0.3, 0.4) is 0 Å². The highest BCUT2D eigenvalue weighted by Gasteiger charge is 2.08. The molecule has 5 N–H and O–H groups in total. The van der Waals surface area contributed by atoms with Gasteiger partial charge < -0.3 is 16.8 Å². The molecule has 0 unspecified atom stereocenters. The molecule has 0 fully saturated rings. The lowest BCUT2D eigenvalue weighted by Crippen LogP contribution is -2.14. The first-order valence-electron chi connectivity index (χ1n) is 6.05. The molecule has 0 spiro atoms. The van der Waals surface area contributed by atoms with Crippen LogP contribution in [0.5, 0.6) is 0 Å². The maximum Gasteiger partial charge on any atom is 0.250 e. The molecule has 0 atom stereocenters. The van der Waals surface area contributed by atoms with Gasteiger partial charge in [-0.15, -0.1) is 0 Å². The quantitative estimate of drug-likeness (QED) is 0.733. The van der Waals surface area contributed by atoms with Gasteiger partial charge in [-0.25, -0.2) is 0 Å². The van der Waals surface area contributed by atoms with Crippen LogP contribution in [-0.2, 0) is 6.54 Å². The second kappa shape index (κ2) is 5.44. The fourth-order valence-electron chi connectivity index (χ4n) is 1.84. The Morgan fingerprint density at radius 2 is 1.84 bits per heavy atom. The van der Waals surface area contributed by atoms with Crippen LogP contribution in [0, 0.1) is 6.92 Å². The Balaban J connectivity index is 2.13. The van der Waals surface area contributed by atoms with E-state index >= 15 is 0 Å². The Labute approximate surface area is 112 Å². The zero-order valence-corrected chi connectivity index (χ0v) is 10.8. The normalized spacial score (nSPS) is 10.2. The Morgan fingerprint density at radius 1 is 1.16 bits per heavy atom.